The first-order valence-electron chi connectivity index (χ1n) is 8.09. The fraction of sp³-hybridized carbons (Fsp3) is 0.667. The number of hydrogen-bond donors (Lipinski definition) is 2. The highest BCUT2D eigenvalue weighted by molar-refractivity contribution is 5.39. The Morgan fingerprint density at radius 1 is 1.10 bits per heavy atom. The van der Waals surface area contributed by atoms with E-state index < -0.39 is 12.2 Å². The van der Waals surface area contributed by atoms with Crippen LogP contribution in [0.15, 0.2) is 18.2 Å². The van der Waals surface area contributed by atoms with Gasteiger partial charge < -0.3 is 14.9 Å². The second-order valence-corrected chi connectivity index (χ2v) is 5.95. The zero-order chi connectivity index (χ0) is 15.8. The lowest BCUT2D eigenvalue weighted by Crippen LogP contribution is -2.27. The van der Waals surface area contributed by atoms with Crippen LogP contribution in [0.2, 0.25) is 0 Å². The molecule has 1 rings (SSSR count). The summed E-state index contributed by atoms with van der Waals surface area (Å²) in [5.74, 6) is 1.05. The molecule has 0 aromatic heterocycles. The summed E-state index contributed by atoms with van der Waals surface area (Å²) in [5, 5.41) is 20.0. The number of aliphatic hydroxyl groups excluding tert-OH is 2. The molecule has 0 aliphatic rings. The molecule has 0 heterocycles. The van der Waals surface area contributed by atoms with Crippen LogP contribution in [0.1, 0.15) is 63.5 Å². The number of rotatable bonds is 9. The number of aryl methyl sites for hydroxylation is 1. The summed E-state index contributed by atoms with van der Waals surface area (Å²) >= 11 is 0. The van der Waals surface area contributed by atoms with Crippen LogP contribution in [-0.2, 0) is 0 Å². The van der Waals surface area contributed by atoms with Crippen LogP contribution in [0.3, 0.4) is 0 Å². The van der Waals surface area contributed by atoms with E-state index in [0.717, 1.165) is 24.2 Å². The van der Waals surface area contributed by atoms with E-state index in [9.17, 15) is 10.2 Å². The minimum Gasteiger partial charge on any atom is -0.493 e. The summed E-state index contributed by atoms with van der Waals surface area (Å²) in [4.78, 5) is 0. The van der Waals surface area contributed by atoms with E-state index in [-0.39, 0.29) is 5.92 Å². The minimum atomic E-state index is -0.681. The first-order chi connectivity index (χ1) is 9.99. The Bertz CT molecular complexity index is 417. The molecule has 0 bridgehead atoms. The maximum Gasteiger partial charge on any atom is 0.122 e. The molecule has 0 spiro atoms. The molecule has 1 aromatic rings. The molecule has 3 unspecified atom stereocenters. The highest BCUT2D eigenvalue weighted by atomic mass is 16.5. The lowest BCUT2D eigenvalue weighted by Gasteiger charge is -2.23. The normalized spacial score (nSPS) is 15.5. The third kappa shape index (κ3) is 5.68. The topological polar surface area (TPSA) is 49.7 Å². The molecule has 2 N–H and O–H groups in total. The third-order valence-electron chi connectivity index (χ3n) is 3.78. The van der Waals surface area contributed by atoms with Crippen molar-refractivity contribution >= 4 is 0 Å². The van der Waals surface area contributed by atoms with Gasteiger partial charge in [-0.05, 0) is 43.7 Å². The van der Waals surface area contributed by atoms with Crippen LogP contribution in [0, 0.1) is 6.92 Å². The molecule has 0 saturated carbocycles. The van der Waals surface area contributed by atoms with Crippen molar-refractivity contribution in [3.8, 4) is 5.75 Å². The van der Waals surface area contributed by atoms with Crippen molar-refractivity contribution < 1.29 is 14.9 Å². The van der Waals surface area contributed by atoms with Gasteiger partial charge >= 0.3 is 0 Å². The van der Waals surface area contributed by atoms with Crippen molar-refractivity contribution in [3.05, 3.63) is 29.3 Å². The van der Waals surface area contributed by atoms with Crippen molar-refractivity contribution in [2.75, 3.05) is 6.61 Å². The number of benzene rings is 1. The Kier molecular flexibility index (Phi) is 7.76. The molecule has 3 heteroatoms. The second kappa shape index (κ2) is 9.06. The highest BCUT2D eigenvalue weighted by Crippen LogP contribution is 2.31. The summed E-state index contributed by atoms with van der Waals surface area (Å²) in [5.41, 5.74) is 2.30. The maximum absolute atomic E-state index is 10.1. The van der Waals surface area contributed by atoms with Gasteiger partial charge in [-0.1, -0.05) is 44.9 Å². The molecule has 21 heavy (non-hydrogen) atoms. The van der Waals surface area contributed by atoms with Gasteiger partial charge in [0.15, 0.2) is 0 Å². The molecule has 3 nitrogen and oxygen atoms in total. The first-order valence-corrected chi connectivity index (χ1v) is 8.09. The van der Waals surface area contributed by atoms with Gasteiger partial charge in [0.05, 0.1) is 18.8 Å². The largest absolute Gasteiger partial charge is 0.493 e. The molecule has 0 radical (unpaired) electrons. The zero-order valence-corrected chi connectivity index (χ0v) is 13.8. The molecule has 0 fully saturated rings. The molecule has 0 amide bonds. The van der Waals surface area contributed by atoms with Crippen molar-refractivity contribution in [1.82, 2.24) is 0 Å². The summed E-state index contributed by atoms with van der Waals surface area (Å²) in [6, 6.07) is 6.17. The lowest BCUT2D eigenvalue weighted by atomic mass is 9.90. The predicted molar refractivity (Wildman–Crippen MR) is 86.9 cm³/mol. The summed E-state index contributed by atoms with van der Waals surface area (Å²) in [7, 11) is 0. The van der Waals surface area contributed by atoms with E-state index in [2.05, 4.69) is 26.8 Å². The van der Waals surface area contributed by atoms with Gasteiger partial charge in [0.2, 0.25) is 0 Å². The second-order valence-electron chi connectivity index (χ2n) is 5.95. The molecule has 0 saturated heterocycles. The fourth-order valence-corrected chi connectivity index (χ4v) is 2.53. The first kappa shape index (κ1) is 18.0. The summed E-state index contributed by atoms with van der Waals surface area (Å²) < 4.78 is 5.81. The maximum atomic E-state index is 10.1. The van der Waals surface area contributed by atoms with Gasteiger partial charge in [-0.15, -0.1) is 0 Å². The van der Waals surface area contributed by atoms with Gasteiger partial charge in [-0.25, -0.2) is 0 Å². The SMILES string of the molecule is CCCOc1ccc(C)cc1C(C)CC(O)C(O)CCC. The zero-order valence-electron chi connectivity index (χ0n) is 13.8. The molecule has 0 aliphatic carbocycles. The Morgan fingerprint density at radius 3 is 2.43 bits per heavy atom. The number of ether oxygens (including phenoxy) is 1. The fourth-order valence-electron chi connectivity index (χ4n) is 2.53. The molecule has 3 atom stereocenters. The van der Waals surface area contributed by atoms with E-state index in [4.69, 9.17) is 4.74 Å². The average Bonchev–Trinajstić information content (AvgIpc) is 2.46. The molecule has 120 valence electrons. The van der Waals surface area contributed by atoms with Crippen molar-refractivity contribution in [2.24, 2.45) is 0 Å². The molecular weight excluding hydrogens is 264 g/mol. The van der Waals surface area contributed by atoms with Crippen LogP contribution in [0.25, 0.3) is 0 Å². The standard InChI is InChI=1S/C18H30O3/c1-5-7-16(19)17(20)12-14(4)15-11-13(3)8-9-18(15)21-10-6-2/h8-9,11,14,16-17,19-20H,5-7,10,12H2,1-4H3. The van der Waals surface area contributed by atoms with Gasteiger partial charge in [-0.2, -0.15) is 0 Å². The average molecular weight is 294 g/mol. The molecule has 0 aliphatic heterocycles. The summed E-state index contributed by atoms with van der Waals surface area (Å²) in [6.07, 6.45) is 1.72. The quantitative estimate of drug-likeness (QED) is 0.728. The molecular formula is C18H30O3. The Labute approximate surface area is 129 Å². The Morgan fingerprint density at radius 2 is 1.81 bits per heavy atom. The third-order valence-corrected chi connectivity index (χ3v) is 3.78. The van der Waals surface area contributed by atoms with E-state index in [1.54, 1.807) is 0 Å². The van der Waals surface area contributed by atoms with Crippen LogP contribution < -0.4 is 4.74 Å². The van der Waals surface area contributed by atoms with Crippen molar-refractivity contribution in [2.45, 2.75) is 71.5 Å². The van der Waals surface area contributed by atoms with E-state index >= 15 is 0 Å². The van der Waals surface area contributed by atoms with Crippen molar-refractivity contribution in [1.29, 1.82) is 0 Å². The van der Waals surface area contributed by atoms with E-state index in [1.807, 2.05) is 19.1 Å². The van der Waals surface area contributed by atoms with Gasteiger partial charge in [0.1, 0.15) is 5.75 Å². The lowest BCUT2D eigenvalue weighted by molar-refractivity contribution is 0.00626. The Balaban J connectivity index is 2.79. The Hall–Kier alpha value is -1.06. The van der Waals surface area contributed by atoms with Gasteiger partial charge in [-0.3, -0.25) is 0 Å². The van der Waals surface area contributed by atoms with Gasteiger partial charge in [0.25, 0.3) is 0 Å². The monoisotopic (exact) mass is 294 g/mol. The minimum absolute atomic E-state index is 0.151. The van der Waals surface area contributed by atoms with Crippen LogP contribution in [-0.4, -0.2) is 29.0 Å². The van der Waals surface area contributed by atoms with E-state index in [0.29, 0.717) is 19.4 Å². The predicted octanol–water partition coefficient (Wildman–Crippen LogP) is 3.80. The van der Waals surface area contributed by atoms with E-state index in [1.165, 1.54) is 5.56 Å². The summed E-state index contributed by atoms with van der Waals surface area (Å²) in [6.45, 7) is 8.93. The van der Waals surface area contributed by atoms with Crippen LogP contribution in [0.5, 0.6) is 5.75 Å². The number of aliphatic hydroxyl groups is 2. The molecule has 1 aromatic carbocycles. The van der Waals surface area contributed by atoms with Crippen LogP contribution in [0.4, 0.5) is 0 Å². The van der Waals surface area contributed by atoms with Gasteiger partial charge in [0, 0.05) is 0 Å². The van der Waals surface area contributed by atoms with Crippen molar-refractivity contribution in [3.63, 3.8) is 0 Å². The van der Waals surface area contributed by atoms with Crippen LogP contribution >= 0.6 is 0 Å². The highest BCUT2D eigenvalue weighted by Gasteiger charge is 2.21. The smallest absolute Gasteiger partial charge is 0.122 e. The number of hydrogen-bond acceptors (Lipinski definition) is 3.